The van der Waals surface area contributed by atoms with Crippen LogP contribution in [0.4, 0.5) is 0 Å². The lowest BCUT2D eigenvalue weighted by Gasteiger charge is -2.36. The van der Waals surface area contributed by atoms with Crippen molar-refractivity contribution in [2.75, 3.05) is 32.7 Å². The second-order valence-electron chi connectivity index (χ2n) is 8.16. The molecule has 2 atom stereocenters. The Kier molecular flexibility index (Phi) is 6.28. The topological polar surface area (TPSA) is 60.9 Å². The standard InChI is InChI=1S/C24H26ClN3O3/c1-17(18-5-3-2-4-6-18)28-16-20(15-22(28)29)24(31)27-13-11-26(12-14-27)23(30)19-7-9-21(25)10-8-19/h2-10,17,20H,11-16H2,1H3. The number of carbonyl (C=O) groups excluding carboxylic acids is 3. The minimum Gasteiger partial charge on any atom is -0.339 e. The van der Waals surface area contributed by atoms with Crippen LogP contribution in [-0.4, -0.2) is 65.1 Å². The van der Waals surface area contributed by atoms with Crippen LogP contribution < -0.4 is 0 Å². The number of halogens is 1. The quantitative estimate of drug-likeness (QED) is 0.734. The molecular weight excluding hydrogens is 414 g/mol. The highest BCUT2D eigenvalue weighted by Crippen LogP contribution is 2.29. The highest BCUT2D eigenvalue weighted by molar-refractivity contribution is 6.30. The smallest absolute Gasteiger partial charge is 0.253 e. The zero-order valence-corrected chi connectivity index (χ0v) is 18.3. The number of benzene rings is 2. The molecule has 2 heterocycles. The van der Waals surface area contributed by atoms with Crippen LogP contribution in [0.3, 0.4) is 0 Å². The minimum atomic E-state index is -0.322. The number of amides is 3. The molecule has 3 amide bonds. The van der Waals surface area contributed by atoms with E-state index in [2.05, 4.69) is 0 Å². The van der Waals surface area contributed by atoms with E-state index in [1.54, 1.807) is 39.0 Å². The molecule has 2 saturated heterocycles. The third-order valence-electron chi connectivity index (χ3n) is 6.23. The lowest BCUT2D eigenvalue weighted by Crippen LogP contribution is -2.52. The molecule has 0 radical (unpaired) electrons. The van der Waals surface area contributed by atoms with Crippen molar-refractivity contribution in [3.8, 4) is 0 Å². The van der Waals surface area contributed by atoms with Gasteiger partial charge in [0.25, 0.3) is 5.91 Å². The summed E-state index contributed by atoms with van der Waals surface area (Å²) in [6.45, 7) is 4.38. The average Bonchev–Trinajstić information content (AvgIpc) is 3.20. The van der Waals surface area contributed by atoms with Crippen molar-refractivity contribution in [2.24, 2.45) is 5.92 Å². The van der Waals surface area contributed by atoms with Gasteiger partial charge in [0.1, 0.15) is 0 Å². The molecule has 0 N–H and O–H groups in total. The van der Waals surface area contributed by atoms with Crippen molar-refractivity contribution in [3.05, 3.63) is 70.7 Å². The second kappa shape index (κ2) is 9.10. The van der Waals surface area contributed by atoms with Gasteiger partial charge in [-0.15, -0.1) is 0 Å². The highest BCUT2D eigenvalue weighted by atomic mass is 35.5. The number of nitrogens with zero attached hydrogens (tertiary/aromatic N) is 3. The van der Waals surface area contributed by atoms with E-state index in [-0.39, 0.29) is 36.1 Å². The number of likely N-dealkylation sites (tertiary alicyclic amines) is 1. The van der Waals surface area contributed by atoms with Crippen LogP contribution >= 0.6 is 11.6 Å². The van der Waals surface area contributed by atoms with Gasteiger partial charge in [-0.1, -0.05) is 41.9 Å². The van der Waals surface area contributed by atoms with Crippen LogP contribution in [0, 0.1) is 5.92 Å². The summed E-state index contributed by atoms with van der Waals surface area (Å²) < 4.78 is 0. The van der Waals surface area contributed by atoms with Crippen LogP contribution in [0.2, 0.25) is 5.02 Å². The summed E-state index contributed by atoms with van der Waals surface area (Å²) in [7, 11) is 0. The number of piperazine rings is 1. The van der Waals surface area contributed by atoms with Crippen LogP contribution in [-0.2, 0) is 9.59 Å². The Labute approximate surface area is 187 Å². The van der Waals surface area contributed by atoms with E-state index in [4.69, 9.17) is 11.6 Å². The molecule has 2 aliphatic rings. The van der Waals surface area contributed by atoms with Gasteiger partial charge in [0, 0.05) is 49.7 Å². The van der Waals surface area contributed by atoms with E-state index in [1.807, 2.05) is 37.3 Å². The number of rotatable bonds is 4. The number of hydrogen-bond donors (Lipinski definition) is 0. The molecule has 0 aliphatic carbocycles. The molecule has 6 nitrogen and oxygen atoms in total. The van der Waals surface area contributed by atoms with E-state index in [9.17, 15) is 14.4 Å². The molecule has 2 fully saturated rings. The molecule has 2 unspecified atom stereocenters. The van der Waals surface area contributed by atoms with Crippen LogP contribution in [0.5, 0.6) is 0 Å². The van der Waals surface area contributed by atoms with Gasteiger partial charge in [0.05, 0.1) is 12.0 Å². The normalized spacial score (nSPS) is 20.1. The molecule has 0 saturated carbocycles. The van der Waals surface area contributed by atoms with Gasteiger partial charge in [-0.3, -0.25) is 14.4 Å². The number of carbonyl (C=O) groups is 3. The van der Waals surface area contributed by atoms with Gasteiger partial charge in [0.2, 0.25) is 11.8 Å². The Morgan fingerprint density at radius 1 is 0.935 bits per heavy atom. The summed E-state index contributed by atoms with van der Waals surface area (Å²) in [6.07, 6.45) is 0.250. The number of hydrogen-bond acceptors (Lipinski definition) is 3. The first kappa shape index (κ1) is 21.4. The molecule has 4 rings (SSSR count). The first-order valence-corrected chi connectivity index (χ1v) is 11.0. The SMILES string of the molecule is CC(c1ccccc1)N1CC(C(=O)N2CCN(C(=O)c3ccc(Cl)cc3)CC2)CC1=O. The molecule has 162 valence electrons. The Balaban J connectivity index is 1.33. The molecule has 2 aromatic carbocycles. The van der Waals surface area contributed by atoms with Gasteiger partial charge < -0.3 is 14.7 Å². The first-order valence-electron chi connectivity index (χ1n) is 10.6. The van der Waals surface area contributed by atoms with E-state index in [1.165, 1.54) is 0 Å². The summed E-state index contributed by atoms with van der Waals surface area (Å²) >= 11 is 5.90. The van der Waals surface area contributed by atoms with Crippen molar-refractivity contribution in [1.82, 2.24) is 14.7 Å². The molecule has 0 spiro atoms. The summed E-state index contributed by atoms with van der Waals surface area (Å²) in [6, 6.07) is 16.7. The molecule has 7 heteroatoms. The molecule has 2 aromatic rings. The largest absolute Gasteiger partial charge is 0.339 e. The van der Waals surface area contributed by atoms with Gasteiger partial charge in [-0.2, -0.15) is 0 Å². The average molecular weight is 440 g/mol. The van der Waals surface area contributed by atoms with Crippen molar-refractivity contribution in [2.45, 2.75) is 19.4 Å². The third-order valence-corrected chi connectivity index (χ3v) is 6.48. The van der Waals surface area contributed by atoms with Crippen molar-refractivity contribution in [3.63, 3.8) is 0 Å². The predicted octanol–water partition coefficient (Wildman–Crippen LogP) is 3.23. The maximum Gasteiger partial charge on any atom is 0.253 e. The zero-order chi connectivity index (χ0) is 22.0. The summed E-state index contributed by atoms with van der Waals surface area (Å²) in [5, 5.41) is 0.591. The zero-order valence-electron chi connectivity index (χ0n) is 17.5. The maximum absolute atomic E-state index is 13.1. The van der Waals surface area contributed by atoms with Crippen LogP contribution in [0.1, 0.15) is 35.3 Å². The van der Waals surface area contributed by atoms with Crippen LogP contribution in [0.25, 0.3) is 0 Å². The van der Waals surface area contributed by atoms with Crippen molar-refractivity contribution >= 4 is 29.3 Å². The minimum absolute atomic E-state index is 0.00898. The Bertz CT molecular complexity index is 956. The fourth-order valence-electron chi connectivity index (χ4n) is 4.35. The Hall–Kier alpha value is -2.86. The Morgan fingerprint density at radius 2 is 1.55 bits per heavy atom. The van der Waals surface area contributed by atoms with E-state index >= 15 is 0 Å². The van der Waals surface area contributed by atoms with Gasteiger partial charge >= 0.3 is 0 Å². The van der Waals surface area contributed by atoms with Gasteiger partial charge in [0.15, 0.2) is 0 Å². The summed E-state index contributed by atoms with van der Waals surface area (Å²) in [4.78, 5) is 43.7. The molecule has 0 bridgehead atoms. The molecule has 31 heavy (non-hydrogen) atoms. The first-order chi connectivity index (χ1) is 14.9. The lowest BCUT2D eigenvalue weighted by molar-refractivity contribution is -0.137. The lowest BCUT2D eigenvalue weighted by atomic mass is 10.1. The van der Waals surface area contributed by atoms with Gasteiger partial charge in [-0.25, -0.2) is 0 Å². The maximum atomic E-state index is 13.1. The molecule has 2 aliphatic heterocycles. The van der Waals surface area contributed by atoms with E-state index in [0.717, 1.165) is 5.56 Å². The van der Waals surface area contributed by atoms with E-state index in [0.29, 0.717) is 43.3 Å². The predicted molar refractivity (Wildman–Crippen MR) is 119 cm³/mol. The fourth-order valence-corrected chi connectivity index (χ4v) is 4.47. The molecular formula is C24H26ClN3O3. The monoisotopic (exact) mass is 439 g/mol. The van der Waals surface area contributed by atoms with E-state index < -0.39 is 0 Å². The second-order valence-corrected chi connectivity index (χ2v) is 8.59. The summed E-state index contributed by atoms with van der Waals surface area (Å²) in [5.74, 6) is -0.346. The Morgan fingerprint density at radius 3 is 2.19 bits per heavy atom. The highest BCUT2D eigenvalue weighted by Gasteiger charge is 2.39. The van der Waals surface area contributed by atoms with Crippen LogP contribution in [0.15, 0.2) is 54.6 Å². The summed E-state index contributed by atoms with van der Waals surface area (Å²) in [5.41, 5.74) is 1.66. The third kappa shape index (κ3) is 4.59. The fraction of sp³-hybridized carbons (Fsp3) is 0.375. The van der Waals surface area contributed by atoms with Crippen molar-refractivity contribution < 1.29 is 14.4 Å². The van der Waals surface area contributed by atoms with Crippen molar-refractivity contribution in [1.29, 1.82) is 0 Å². The molecule has 0 aromatic heterocycles. The van der Waals surface area contributed by atoms with Gasteiger partial charge in [-0.05, 0) is 36.8 Å².